The molecule has 0 aromatic heterocycles. The fraction of sp³-hybridized carbons (Fsp3) is 0.0769. The summed E-state index contributed by atoms with van der Waals surface area (Å²) in [4.78, 5) is 10.6. The summed E-state index contributed by atoms with van der Waals surface area (Å²) in [6.45, 7) is 0.238. The van der Waals surface area contributed by atoms with Gasteiger partial charge < -0.3 is 10.2 Å². The Morgan fingerprint density at radius 2 is 1.95 bits per heavy atom. The van der Waals surface area contributed by atoms with Gasteiger partial charge in [0.05, 0.1) is 4.92 Å². The van der Waals surface area contributed by atoms with Crippen molar-refractivity contribution in [2.45, 2.75) is 6.61 Å². The van der Waals surface area contributed by atoms with Gasteiger partial charge in [0, 0.05) is 4.47 Å². The van der Waals surface area contributed by atoms with Crippen molar-refractivity contribution in [2.75, 3.05) is 5.43 Å². The van der Waals surface area contributed by atoms with E-state index in [1.165, 1.54) is 12.1 Å². The van der Waals surface area contributed by atoms with E-state index < -0.39 is 4.92 Å². The zero-order chi connectivity index (χ0) is 14.5. The number of nitrogens with one attached hydrogen (secondary N) is 1. The first-order valence-electron chi connectivity index (χ1n) is 5.73. The highest BCUT2D eigenvalue weighted by atomic mass is 79.9. The quantitative estimate of drug-likeness (QED) is 0.496. The number of para-hydroxylation sites is 1. The fourth-order valence-corrected chi connectivity index (χ4v) is 1.95. The molecule has 0 aliphatic carbocycles. The molecule has 0 heterocycles. The Morgan fingerprint density at radius 3 is 2.55 bits per heavy atom. The molecule has 3 N–H and O–H groups in total. The van der Waals surface area contributed by atoms with Gasteiger partial charge in [0.15, 0.2) is 5.75 Å². The summed E-state index contributed by atoms with van der Waals surface area (Å²) in [7, 11) is 0. The molecule has 0 amide bonds. The highest BCUT2D eigenvalue weighted by Crippen LogP contribution is 2.34. The van der Waals surface area contributed by atoms with Gasteiger partial charge in [0.25, 0.3) is 0 Å². The van der Waals surface area contributed by atoms with Gasteiger partial charge in [-0.25, -0.2) is 0 Å². The number of nitrogens with two attached hydrogens (primary N) is 1. The summed E-state index contributed by atoms with van der Waals surface area (Å²) in [5.74, 6) is 5.44. The molecule has 0 fully saturated rings. The van der Waals surface area contributed by atoms with Crippen LogP contribution in [-0.2, 0) is 6.61 Å². The van der Waals surface area contributed by atoms with Gasteiger partial charge in [-0.2, -0.15) is 0 Å². The number of halogens is 1. The molecule has 0 spiro atoms. The first-order valence-corrected chi connectivity index (χ1v) is 6.52. The zero-order valence-electron chi connectivity index (χ0n) is 10.4. The van der Waals surface area contributed by atoms with Crippen LogP contribution in [0.4, 0.5) is 11.4 Å². The van der Waals surface area contributed by atoms with Crippen LogP contribution in [0.1, 0.15) is 5.56 Å². The molecule has 7 heteroatoms. The third-order valence-electron chi connectivity index (χ3n) is 2.64. The fourth-order valence-electron chi connectivity index (χ4n) is 1.69. The zero-order valence-corrected chi connectivity index (χ0v) is 12.0. The summed E-state index contributed by atoms with van der Waals surface area (Å²) >= 11 is 3.34. The molecule has 0 atom stereocenters. The minimum absolute atomic E-state index is 0.174. The molecule has 2 aromatic carbocycles. The standard InChI is InChI=1S/C13H12BrN3O3/c14-10-6-4-9(5-7-10)8-20-12-3-1-2-11(16-15)13(12)17(18)19/h1-7,16H,8,15H2. The second kappa shape index (κ2) is 6.36. The lowest BCUT2D eigenvalue weighted by atomic mass is 10.2. The molecule has 2 aromatic rings. The van der Waals surface area contributed by atoms with E-state index in [1.54, 1.807) is 6.07 Å². The summed E-state index contributed by atoms with van der Waals surface area (Å²) in [6.07, 6.45) is 0. The molecule has 0 aliphatic rings. The van der Waals surface area contributed by atoms with Crippen molar-refractivity contribution in [3.05, 3.63) is 62.6 Å². The highest BCUT2D eigenvalue weighted by Gasteiger charge is 2.20. The van der Waals surface area contributed by atoms with Crippen molar-refractivity contribution >= 4 is 27.3 Å². The molecule has 0 radical (unpaired) electrons. The summed E-state index contributed by atoms with van der Waals surface area (Å²) in [5, 5.41) is 11.1. The average Bonchev–Trinajstić information content (AvgIpc) is 2.46. The molecule has 0 saturated heterocycles. The van der Waals surface area contributed by atoms with Crippen molar-refractivity contribution in [1.29, 1.82) is 0 Å². The second-order valence-electron chi connectivity index (χ2n) is 3.97. The van der Waals surface area contributed by atoms with Gasteiger partial charge in [0.2, 0.25) is 0 Å². The Balaban J connectivity index is 2.21. The molecule has 6 nitrogen and oxygen atoms in total. The minimum Gasteiger partial charge on any atom is -0.482 e. The number of rotatable bonds is 5. The summed E-state index contributed by atoms with van der Waals surface area (Å²) in [5.41, 5.74) is 3.24. The lowest BCUT2D eigenvalue weighted by Gasteiger charge is -2.09. The second-order valence-corrected chi connectivity index (χ2v) is 4.88. The molecular formula is C13H12BrN3O3. The number of benzene rings is 2. The number of hydrogen-bond acceptors (Lipinski definition) is 5. The smallest absolute Gasteiger partial charge is 0.335 e. The maximum absolute atomic E-state index is 11.1. The van der Waals surface area contributed by atoms with Crippen LogP contribution in [0.5, 0.6) is 5.75 Å². The normalized spacial score (nSPS) is 10.1. The molecule has 2 rings (SSSR count). The molecular weight excluding hydrogens is 326 g/mol. The number of nitrogens with zero attached hydrogens (tertiary/aromatic N) is 1. The molecule has 104 valence electrons. The number of nitro benzene ring substituents is 1. The molecule has 0 bridgehead atoms. The summed E-state index contributed by atoms with van der Waals surface area (Å²) in [6, 6.07) is 12.2. The number of anilines is 1. The Kier molecular flexibility index (Phi) is 4.54. The first kappa shape index (κ1) is 14.3. The number of nitrogen functional groups attached to an aromatic ring is 1. The van der Waals surface area contributed by atoms with Gasteiger partial charge in [-0.1, -0.05) is 34.1 Å². The Bertz CT molecular complexity index is 617. The predicted octanol–water partition coefficient (Wildman–Crippen LogP) is 3.22. The van der Waals surface area contributed by atoms with Crippen LogP contribution < -0.4 is 16.0 Å². The van der Waals surface area contributed by atoms with E-state index in [-0.39, 0.29) is 23.7 Å². The Labute approximate surface area is 123 Å². The minimum atomic E-state index is -0.522. The van der Waals surface area contributed by atoms with Crippen LogP contribution in [-0.4, -0.2) is 4.92 Å². The van der Waals surface area contributed by atoms with Crippen molar-refractivity contribution in [1.82, 2.24) is 0 Å². The Morgan fingerprint density at radius 1 is 1.25 bits per heavy atom. The maximum atomic E-state index is 11.1. The van der Waals surface area contributed by atoms with Crippen LogP contribution in [0.2, 0.25) is 0 Å². The Hall–Kier alpha value is -2.12. The lowest BCUT2D eigenvalue weighted by molar-refractivity contribution is -0.385. The third-order valence-corrected chi connectivity index (χ3v) is 3.17. The van der Waals surface area contributed by atoms with E-state index in [0.29, 0.717) is 0 Å². The van der Waals surface area contributed by atoms with E-state index in [4.69, 9.17) is 10.6 Å². The van der Waals surface area contributed by atoms with Crippen molar-refractivity contribution in [2.24, 2.45) is 5.84 Å². The van der Waals surface area contributed by atoms with E-state index >= 15 is 0 Å². The maximum Gasteiger partial charge on any atom is 0.335 e. The number of hydrogen-bond donors (Lipinski definition) is 2. The topological polar surface area (TPSA) is 90.4 Å². The van der Waals surface area contributed by atoms with E-state index in [1.807, 2.05) is 24.3 Å². The van der Waals surface area contributed by atoms with Crippen LogP contribution >= 0.6 is 15.9 Å². The predicted molar refractivity (Wildman–Crippen MR) is 79.4 cm³/mol. The van der Waals surface area contributed by atoms with Gasteiger partial charge in [-0.05, 0) is 29.8 Å². The van der Waals surface area contributed by atoms with Gasteiger partial charge in [0.1, 0.15) is 12.3 Å². The largest absolute Gasteiger partial charge is 0.482 e. The summed E-state index contributed by atoms with van der Waals surface area (Å²) < 4.78 is 6.47. The lowest BCUT2D eigenvalue weighted by Crippen LogP contribution is -2.10. The van der Waals surface area contributed by atoms with Crippen LogP contribution in [0, 0.1) is 10.1 Å². The van der Waals surface area contributed by atoms with Crippen LogP contribution in [0.3, 0.4) is 0 Å². The SMILES string of the molecule is NNc1cccc(OCc2ccc(Br)cc2)c1[N+](=O)[O-]. The van der Waals surface area contributed by atoms with E-state index in [9.17, 15) is 10.1 Å². The third kappa shape index (κ3) is 3.25. The average molecular weight is 338 g/mol. The van der Waals surface area contributed by atoms with E-state index in [2.05, 4.69) is 21.4 Å². The van der Waals surface area contributed by atoms with Crippen molar-refractivity contribution in [3.8, 4) is 5.75 Å². The molecule has 0 unspecified atom stereocenters. The molecule has 0 aliphatic heterocycles. The number of hydrazine groups is 1. The molecule has 0 saturated carbocycles. The van der Waals surface area contributed by atoms with Crippen molar-refractivity contribution in [3.63, 3.8) is 0 Å². The first-order chi connectivity index (χ1) is 9.61. The van der Waals surface area contributed by atoms with Crippen molar-refractivity contribution < 1.29 is 9.66 Å². The highest BCUT2D eigenvalue weighted by molar-refractivity contribution is 9.10. The van der Waals surface area contributed by atoms with Gasteiger partial charge >= 0.3 is 5.69 Å². The van der Waals surface area contributed by atoms with Gasteiger partial charge in [-0.15, -0.1) is 0 Å². The number of nitro groups is 1. The number of ether oxygens (including phenoxy) is 1. The van der Waals surface area contributed by atoms with Crippen LogP contribution in [0.25, 0.3) is 0 Å². The monoisotopic (exact) mass is 337 g/mol. The molecule has 20 heavy (non-hydrogen) atoms. The van der Waals surface area contributed by atoms with E-state index in [0.717, 1.165) is 10.0 Å². The van der Waals surface area contributed by atoms with Crippen LogP contribution in [0.15, 0.2) is 46.9 Å². The van der Waals surface area contributed by atoms with Gasteiger partial charge in [-0.3, -0.25) is 16.0 Å².